The van der Waals surface area contributed by atoms with Crippen LogP contribution in [0.4, 0.5) is 5.69 Å². The number of methoxy groups -OCH3 is 1. The second kappa shape index (κ2) is 7.34. The fourth-order valence-corrected chi connectivity index (χ4v) is 3.46. The van der Waals surface area contributed by atoms with Gasteiger partial charge < -0.3 is 14.5 Å². The lowest BCUT2D eigenvalue weighted by molar-refractivity contribution is -0.130. The number of carbonyl (C=O) groups excluding carboxylic acids is 1. The largest absolute Gasteiger partial charge is 0.495 e. The summed E-state index contributed by atoms with van der Waals surface area (Å²) in [5, 5.41) is 2.87. The van der Waals surface area contributed by atoms with E-state index in [1.807, 2.05) is 29.2 Å². The van der Waals surface area contributed by atoms with Crippen LogP contribution in [0.1, 0.15) is 11.5 Å². The zero-order valence-electron chi connectivity index (χ0n) is 15.9. The van der Waals surface area contributed by atoms with Crippen LogP contribution >= 0.6 is 0 Å². The van der Waals surface area contributed by atoms with Gasteiger partial charge in [0, 0.05) is 37.9 Å². The van der Waals surface area contributed by atoms with Crippen LogP contribution in [0.15, 0.2) is 35.1 Å². The molecule has 1 fully saturated rings. The van der Waals surface area contributed by atoms with E-state index in [2.05, 4.69) is 20.0 Å². The second-order valence-corrected chi connectivity index (χ2v) is 6.76. The van der Waals surface area contributed by atoms with Gasteiger partial charge in [0.1, 0.15) is 11.6 Å². The highest BCUT2D eigenvalue weighted by Gasteiger charge is 2.23. The predicted octanol–water partition coefficient (Wildman–Crippen LogP) is 0.626. The van der Waals surface area contributed by atoms with Gasteiger partial charge in [0.25, 0.3) is 11.3 Å². The Morgan fingerprint density at radius 3 is 2.68 bits per heavy atom. The van der Waals surface area contributed by atoms with E-state index >= 15 is 0 Å². The van der Waals surface area contributed by atoms with Crippen LogP contribution in [0.5, 0.6) is 5.75 Å². The zero-order chi connectivity index (χ0) is 19.7. The maximum atomic E-state index is 12.7. The third-order valence-electron chi connectivity index (χ3n) is 4.88. The Balaban J connectivity index is 1.42. The number of aromatic amines is 1. The molecule has 1 aromatic carbocycles. The van der Waals surface area contributed by atoms with Gasteiger partial charge in [0.05, 0.1) is 19.2 Å². The summed E-state index contributed by atoms with van der Waals surface area (Å²) in [5.74, 6) is 1.53. The van der Waals surface area contributed by atoms with Crippen LogP contribution in [0.25, 0.3) is 5.78 Å². The van der Waals surface area contributed by atoms with E-state index in [9.17, 15) is 9.59 Å². The van der Waals surface area contributed by atoms with Crippen molar-refractivity contribution in [1.29, 1.82) is 0 Å². The number of carbonyl (C=O) groups is 1. The summed E-state index contributed by atoms with van der Waals surface area (Å²) in [7, 11) is 1.66. The van der Waals surface area contributed by atoms with Crippen molar-refractivity contribution in [3.8, 4) is 5.75 Å². The molecule has 9 nitrogen and oxygen atoms in total. The molecule has 1 amide bonds. The highest BCUT2D eigenvalue weighted by molar-refractivity contribution is 5.78. The Hall–Kier alpha value is -3.36. The second-order valence-electron chi connectivity index (χ2n) is 6.76. The maximum absolute atomic E-state index is 12.7. The molecule has 3 aromatic rings. The van der Waals surface area contributed by atoms with Crippen LogP contribution in [-0.2, 0) is 11.2 Å². The molecule has 0 atom stereocenters. The number of H-pyrrole nitrogens is 1. The normalized spacial score (nSPS) is 14.5. The standard InChI is InChI=1S/C19H22N6O3/c1-13-11-18(27)25-19(20-13)21-16(22-25)12-17(26)24-9-7-23(8-10-24)14-5-3-4-6-15(14)28-2/h3-6,11H,7-10,12H2,1-2H3,(H,20,21,22). The van der Waals surface area contributed by atoms with Gasteiger partial charge in [-0.2, -0.15) is 9.50 Å². The molecule has 1 aliphatic rings. The van der Waals surface area contributed by atoms with E-state index in [0.717, 1.165) is 24.5 Å². The van der Waals surface area contributed by atoms with Crippen molar-refractivity contribution in [3.05, 3.63) is 52.2 Å². The number of anilines is 1. The lowest BCUT2D eigenvalue weighted by Crippen LogP contribution is -2.49. The molecule has 2 aromatic heterocycles. The van der Waals surface area contributed by atoms with Crippen molar-refractivity contribution < 1.29 is 9.53 Å². The molecule has 1 saturated heterocycles. The number of aromatic nitrogens is 4. The monoisotopic (exact) mass is 382 g/mol. The number of hydrogen-bond acceptors (Lipinski definition) is 6. The van der Waals surface area contributed by atoms with Crippen LogP contribution in [0, 0.1) is 6.92 Å². The summed E-state index contributed by atoms with van der Waals surface area (Å²) in [6.45, 7) is 4.43. The summed E-state index contributed by atoms with van der Waals surface area (Å²) in [6.07, 6.45) is 0.108. The Morgan fingerprint density at radius 1 is 1.18 bits per heavy atom. The number of para-hydroxylation sites is 2. The highest BCUT2D eigenvalue weighted by Crippen LogP contribution is 2.28. The van der Waals surface area contributed by atoms with Gasteiger partial charge in [-0.3, -0.25) is 14.7 Å². The third kappa shape index (κ3) is 3.42. The summed E-state index contributed by atoms with van der Waals surface area (Å²) in [6, 6.07) is 9.31. The summed E-state index contributed by atoms with van der Waals surface area (Å²) < 4.78 is 6.69. The van der Waals surface area contributed by atoms with Crippen molar-refractivity contribution >= 4 is 17.4 Å². The molecule has 1 N–H and O–H groups in total. The molecule has 0 unspecified atom stereocenters. The molecule has 0 saturated carbocycles. The van der Waals surface area contributed by atoms with E-state index in [1.54, 1.807) is 14.0 Å². The Morgan fingerprint density at radius 2 is 1.93 bits per heavy atom. The number of hydrogen-bond donors (Lipinski definition) is 1. The first-order chi connectivity index (χ1) is 13.5. The van der Waals surface area contributed by atoms with Gasteiger partial charge >= 0.3 is 0 Å². The van der Waals surface area contributed by atoms with Crippen LogP contribution in [0.3, 0.4) is 0 Å². The summed E-state index contributed by atoms with van der Waals surface area (Å²) in [5.41, 5.74) is 1.40. The maximum Gasteiger partial charge on any atom is 0.274 e. The molecule has 1 aliphatic heterocycles. The van der Waals surface area contributed by atoms with Crippen molar-refractivity contribution in [2.45, 2.75) is 13.3 Å². The first kappa shape index (κ1) is 18.0. The van der Waals surface area contributed by atoms with Gasteiger partial charge in [-0.1, -0.05) is 12.1 Å². The van der Waals surface area contributed by atoms with Crippen molar-refractivity contribution in [2.75, 3.05) is 38.2 Å². The highest BCUT2D eigenvalue weighted by atomic mass is 16.5. The minimum Gasteiger partial charge on any atom is -0.495 e. The average molecular weight is 382 g/mol. The van der Waals surface area contributed by atoms with Crippen molar-refractivity contribution in [1.82, 2.24) is 24.5 Å². The molecule has 28 heavy (non-hydrogen) atoms. The lowest BCUT2D eigenvalue weighted by Gasteiger charge is -2.36. The van der Waals surface area contributed by atoms with Crippen molar-refractivity contribution in [3.63, 3.8) is 0 Å². The number of piperazine rings is 1. The first-order valence-corrected chi connectivity index (χ1v) is 9.16. The minimum atomic E-state index is -0.237. The predicted molar refractivity (Wildman–Crippen MR) is 104 cm³/mol. The summed E-state index contributed by atoms with van der Waals surface area (Å²) >= 11 is 0. The van der Waals surface area contributed by atoms with Gasteiger partial charge in [-0.15, -0.1) is 0 Å². The fraction of sp³-hybridized carbons (Fsp3) is 0.368. The molecule has 0 bridgehead atoms. The number of amides is 1. The number of ether oxygens (including phenoxy) is 1. The SMILES string of the molecule is COc1ccccc1N1CCN(C(=O)Cc2nc3nc(C)cc(=O)n3[nH]2)CC1. The number of rotatable bonds is 4. The first-order valence-electron chi connectivity index (χ1n) is 9.16. The zero-order valence-corrected chi connectivity index (χ0v) is 15.9. The average Bonchev–Trinajstić information content (AvgIpc) is 3.10. The minimum absolute atomic E-state index is 0.0245. The van der Waals surface area contributed by atoms with E-state index < -0.39 is 0 Å². The van der Waals surface area contributed by atoms with Crippen LogP contribution in [0.2, 0.25) is 0 Å². The number of aryl methyl sites for hydroxylation is 1. The summed E-state index contributed by atoms with van der Waals surface area (Å²) in [4.78, 5) is 37.2. The molecule has 3 heterocycles. The smallest absolute Gasteiger partial charge is 0.274 e. The van der Waals surface area contributed by atoms with Crippen LogP contribution < -0.4 is 15.2 Å². The number of fused-ring (bicyclic) bond motifs is 1. The topological polar surface area (TPSA) is 95.8 Å². The number of benzene rings is 1. The molecule has 4 rings (SSSR count). The molecule has 146 valence electrons. The number of nitrogens with zero attached hydrogens (tertiary/aromatic N) is 5. The molecule has 0 aliphatic carbocycles. The van der Waals surface area contributed by atoms with E-state index in [4.69, 9.17) is 4.74 Å². The van der Waals surface area contributed by atoms with Gasteiger partial charge in [0.15, 0.2) is 0 Å². The van der Waals surface area contributed by atoms with E-state index in [-0.39, 0.29) is 23.7 Å². The molecule has 9 heteroatoms. The molecular weight excluding hydrogens is 360 g/mol. The van der Waals surface area contributed by atoms with Gasteiger partial charge in [0.2, 0.25) is 5.91 Å². The Kier molecular flexibility index (Phi) is 4.72. The molecule has 0 radical (unpaired) electrons. The molecular formula is C19H22N6O3. The third-order valence-corrected chi connectivity index (χ3v) is 4.88. The molecule has 0 spiro atoms. The number of nitrogens with one attached hydrogen (secondary N) is 1. The quantitative estimate of drug-likeness (QED) is 0.711. The van der Waals surface area contributed by atoms with Gasteiger partial charge in [-0.25, -0.2) is 4.98 Å². The van der Waals surface area contributed by atoms with E-state index in [0.29, 0.717) is 24.6 Å². The lowest BCUT2D eigenvalue weighted by atomic mass is 10.2. The van der Waals surface area contributed by atoms with Gasteiger partial charge in [-0.05, 0) is 19.1 Å². The van der Waals surface area contributed by atoms with Crippen LogP contribution in [-0.4, -0.2) is 63.7 Å². The van der Waals surface area contributed by atoms with E-state index in [1.165, 1.54) is 10.6 Å². The van der Waals surface area contributed by atoms with Crippen molar-refractivity contribution in [2.24, 2.45) is 0 Å². The Labute approximate surface area is 161 Å². The Bertz CT molecular complexity index is 1060. The fourth-order valence-electron chi connectivity index (χ4n) is 3.46.